The molecule has 0 radical (unpaired) electrons. The Balaban J connectivity index is 2.34. The molecule has 0 saturated carbocycles. The van der Waals surface area contributed by atoms with E-state index in [0.29, 0.717) is 0 Å². The van der Waals surface area contributed by atoms with Crippen LogP contribution in [0.1, 0.15) is 6.42 Å². The highest BCUT2D eigenvalue weighted by molar-refractivity contribution is 9.36. The lowest BCUT2D eigenvalue weighted by molar-refractivity contribution is 1.12. The lowest BCUT2D eigenvalue weighted by Crippen LogP contribution is -1.72. The van der Waals surface area contributed by atoms with Crippen molar-refractivity contribution in [3.8, 4) is 0 Å². The van der Waals surface area contributed by atoms with Crippen molar-refractivity contribution in [3.63, 3.8) is 0 Å². The fourth-order valence-electron chi connectivity index (χ4n) is 0.134. The van der Waals surface area contributed by atoms with E-state index < -0.39 is 0 Å². The third-order valence-electron chi connectivity index (χ3n) is 0.405. The smallest absolute Gasteiger partial charge is 0.0226 e. The number of halogens is 2. The van der Waals surface area contributed by atoms with Gasteiger partial charge in [-0.1, -0.05) is 22.8 Å². The van der Waals surface area contributed by atoms with Crippen molar-refractivity contribution in [2.75, 3.05) is 12.0 Å². The normalized spacial score (nSPS) is 11.0. The van der Waals surface area contributed by atoms with Gasteiger partial charge in [-0.25, -0.2) is 0 Å². The second-order valence-electron chi connectivity index (χ2n) is 0.926. The summed E-state index contributed by atoms with van der Waals surface area (Å²) >= 11 is 8.68. The molecule has 0 fully saturated rings. The van der Waals surface area contributed by atoms with Crippen molar-refractivity contribution in [1.29, 1.82) is 0 Å². The first kappa shape index (κ1) is 7.20. The number of hydrogen-bond acceptors (Lipinski definition) is 0. The zero-order valence-corrected chi connectivity index (χ0v) is 6.72. The second kappa shape index (κ2) is 6.20. The number of hydrogen-bond donors (Lipinski definition) is 0. The first-order chi connectivity index (χ1) is 2.91. The first-order valence-corrected chi connectivity index (χ1v) is 5.81. The van der Waals surface area contributed by atoms with E-state index in [2.05, 4.69) is 15.5 Å². The molecule has 0 aromatic heterocycles. The summed E-state index contributed by atoms with van der Waals surface area (Å²) in [7, 11) is 0.893. The van der Waals surface area contributed by atoms with Gasteiger partial charge >= 0.3 is 0 Å². The molecular weight excluding hydrogens is 182 g/mol. The van der Waals surface area contributed by atoms with Gasteiger partial charge in [0.1, 0.15) is 0 Å². The van der Waals surface area contributed by atoms with Crippen LogP contribution in [0, 0.1) is 0 Å². The van der Waals surface area contributed by atoms with Crippen LogP contribution in [-0.4, -0.2) is 12.0 Å². The summed E-state index contributed by atoms with van der Waals surface area (Å²) in [6.45, 7) is 0. The highest BCUT2D eigenvalue weighted by Gasteiger charge is 1.77. The Kier molecular flexibility index (Phi) is 7.44. The molecule has 1 atom stereocenters. The van der Waals surface area contributed by atoms with Crippen molar-refractivity contribution < 1.29 is 0 Å². The van der Waals surface area contributed by atoms with Crippen molar-refractivity contribution in [1.82, 2.24) is 0 Å². The van der Waals surface area contributed by atoms with Gasteiger partial charge in [-0.3, -0.25) is 0 Å². The Labute approximate surface area is 53.2 Å². The van der Waals surface area contributed by atoms with E-state index in [-0.39, 0.29) is 0 Å². The molecule has 1 unspecified atom stereocenters. The zero-order valence-electron chi connectivity index (χ0n) is 3.38. The van der Waals surface area contributed by atoms with Crippen LogP contribution in [0.5, 0.6) is 0 Å². The van der Waals surface area contributed by atoms with Crippen LogP contribution in [0.3, 0.4) is 0 Å². The average Bonchev–Trinajstić information content (AvgIpc) is 1.61. The average molecular weight is 189 g/mol. The van der Waals surface area contributed by atoms with Crippen LogP contribution >= 0.6 is 34.4 Å². The Morgan fingerprint density at radius 3 is 2.50 bits per heavy atom. The summed E-state index contributed by atoms with van der Waals surface area (Å²) in [6, 6.07) is 0. The molecule has 0 aromatic carbocycles. The van der Waals surface area contributed by atoms with Crippen LogP contribution in [0.15, 0.2) is 0 Å². The van der Waals surface area contributed by atoms with Gasteiger partial charge < -0.3 is 0 Å². The molecule has 6 heavy (non-hydrogen) atoms. The van der Waals surface area contributed by atoms with Gasteiger partial charge in [0, 0.05) is 5.88 Å². The van der Waals surface area contributed by atoms with E-state index in [1.807, 2.05) is 0 Å². The summed E-state index contributed by atoms with van der Waals surface area (Å²) in [5.41, 5.74) is 0. The van der Waals surface area contributed by atoms with Gasteiger partial charge in [0.25, 0.3) is 0 Å². The molecule has 0 spiro atoms. The van der Waals surface area contributed by atoms with E-state index in [4.69, 9.17) is 11.6 Å². The minimum absolute atomic E-state index is 0.804. The lowest BCUT2D eigenvalue weighted by Gasteiger charge is -1.83. The number of alkyl halides is 1. The highest BCUT2D eigenvalue weighted by Crippen LogP contribution is 2.19. The molecule has 0 aliphatic rings. The summed E-state index contributed by atoms with van der Waals surface area (Å²) in [5, 5.41) is 0. The third kappa shape index (κ3) is 5.20. The van der Waals surface area contributed by atoms with Crippen molar-refractivity contribution in [2.45, 2.75) is 6.42 Å². The molecule has 0 aliphatic heterocycles. The predicted molar refractivity (Wildman–Crippen MR) is 37.4 cm³/mol. The Hall–Kier alpha value is 1.20. The minimum atomic E-state index is 0.804. The standard InChI is InChI=1S/C3H7BrClP/c4-6-3-1-2-5/h6H,1-3H2. The molecule has 0 rings (SSSR count). The van der Waals surface area contributed by atoms with Gasteiger partial charge in [-0.15, -0.1) is 11.6 Å². The predicted octanol–water partition coefficient (Wildman–Crippen LogP) is 2.60. The molecule has 3 heteroatoms. The van der Waals surface area contributed by atoms with Gasteiger partial charge in [0.15, 0.2) is 0 Å². The molecule has 0 heterocycles. The number of rotatable bonds is 3. The largest absolute Gasteiger partial charge is 0.127 e. The van der Waals surface area contributed by atoms with E-state index in [0.717, 1.165) is 19.6 Å². The maximum absolute atomic E-state index is 5.36. The first-order valence-electron chi connectivity index (χ1n) is 1.81. The van der Waals surface area contributed by atoms with Crippen LogP contribution in [0.2, 0.25) is 0 Å². The Morgan fingerprint density at radius 2 is 2.33 bits per heavy atom. The van der Waals surface area contributed by atoms with Gasteiger partial charge in [0.05, 0.1) is 0 Å². The summed E-state index contributed by atoms with van der Waals surface area (Å²) in [6.07, 6.45) is 2.37. The van der Waals surface area contributed by atoms with Crippen molar-refractivity contribution in [2.24, 2.45) is 0 Å². The summed E-state index contributed by atoms with van der Waals surface area (Å²) in [4.78, 5) is 0. The van der Waals surface area contributed by atoms with Crippen molar-refractivity contribution >= 4 is 34.4 Å². The van der Waals surface area contributed by atoms with E-state index in [9.17, 15) is 0 Å². The second-order valence-corrected chi connectivity index (χ2v) is 3.75. The molecule has 0 bridgehead atoms. The monoisotopic (exact) mass is 188 g/mol. The molecular formula is C3H7BrClP. The van der Waals surface area contributed by atoms with E-state index in [1.165, 1.54) is 6.16 Å². The fraction of sp³-hybridized carbons (Fsp3) is 1.00. The van der Waals surface area contributed by atoms with Crippen molar-refractivity contribution in [3.05, 3.63) is 0 Å². The molecule has 0 amide bonds. The van der Waals surface area contributed by atoms with Gasteiger partial charge in [-0.05, 0) is 12.6 Å². The molecule has 0 N–H and O–H groups in total. The van der Waals surface area contributed by atoms with Gasteiger partial charge in [0.2, 0.25) is 0 Å². The maximum atomic E-state index is 5.36. The van der Waals surface area contributed by atoms with Crippen LogP contribution in [0.4, 0.5) is 0 Å². The minimum Gasteiger partial charge on any atom is -0.127 e. The van der Waals surface area contributed by atoms with Crippen LogP contribution in [-0.2, 0) is 0 Å². The lowest BCUT2D eigenvalue weighted by atomic mass is 10.6. The molecule has 0 aromatic rings. The summed E-state index contributed by atoms with van der Waals surface area (Å²) in [5.74, 6) is 0.804. The maximum Gasteiger partial charge on any atom is 0.0226 e. The van der Waals surface area contributed by atoms with Crippen LogP contribution in [0.25, 0.3) is 0 Å². The SMILES string of the molecule is ClCCCPBr. The third-order valence-corrected chi connectivity index (χ3v) is 2.40. The van der Waals surface area contributed by atoms with E-state index >= 15 is 0 Å². The highest BCUT2D eigenvalue weighted by atomic mass is 79.9. The molecule has 38 valence electrons. The Bertz CT molecular complexity index is 22.8. The van der Waals surface area contributed by atoms with E-state index in [1.54, 1.807) is 0 Å². The van der Waals surface area contributed by atoms with Crippen LogP contribution < -0.4 is 0 Å². The van der Waals surface area contributed by atoms with Gasteiger partial charge in [-0.2, -0.15) is 0 Å². The molecule has 0 nitrogen and oxygen atoms in total. The fourth-order valence-corrected chi connectivity index (χ4v) is 1.64. The molecule has 0 saturated heterocycles. The quantitative estimate of drug-likeness (QED) is 0.364. The zero-order chi connectivity index (χ0) is 4.83. The molecule has 0 aliphatic carbocycles. The Morgan fingerprint density at radius 1 is 1.67 bits per heavy atom. The summed E-state index contributed by atoms with van der Waals surface area (Å²) < 4.78 is 0. The topological polar surface area (TPSA) is 0 Å².